The van der Waals surface area contributed by atoms with E-state index in [1.165, 1.54) is 12.1 Å². The van der Waals surface area contributed by atoms with Gasteiger partial charge in [-0.15, -0.1) is 0 Å². The number of hydrogen-bond acceptors (Lipinski definition) is 3. The van der Waals surface area contributed by atoms with E-state index in [0.717, 1.165) is 0 Å². The second kappa shape index (κ2) is 7.71. The van der Waals surface area contributed by atoms with E-state index in [9.17, 15) is 14.0 Å². The minimum Gasteiger partial charge on any atom is -0.381 e. The molecule has 1 amide bonds. The van der Waals surface area contributed by atoms with E-state index in [2.05, 4.69) is 5.32 Å². The number of ketones is 1. The molecule has 152 valence electrons. The minimum atomic E-state index is -0.973. The third kappa shape index (κ3) is 3.56. The average Bonchev–Trinajstić information content (AvgIpc) is 2.95. The summed E-state index contributed by atoms with van der Waals surface area (Å²) in [5.74, 6) is -2.01. The number of carbonyl (C=O) groups is 2. The summed E-state index contributed by atoms with van der Waals surface area (Å²) in [7, 11) is 1.66. The van der Waals surface area contributed by atoms with E-state index in [0.29, 0.717) is 47.4 Å². The molecule has 4 rings (SSSR count). The Morgan fingerprint density at radius 3 is 2.28 bits per heavy atom. The van der Waals surface area contributed by atoms with Crippen molar-refractivity contribution in [2.75, 3.05) is 7.11 Å². The maximum atomic E-state index is 13.9. The molecule has 0 aromatic heterocycles. The van der Waals surface area contributed by atoms with Crippen molar-refractivity contribution < 1.29 is 18.7 Å². The number of methoxy groups -OCH3 is 1. The van der Waals surface area contributed by atoms with Crippen LogP contribution < -0.4 is 5.32 Å². The van der Waals surface area contributed by atoms with Crippen LogP contribution in [0.25, 0.3) is 11.1 Å². The summed E-state index contributed by atoms with van der Waals surface area (Å²) in [5, 5.41) is 3.30. The molecular formula is C22H20Cl2FNO3. The number of benzene rings is 2. The SMILES string of the molecule is COC1CCC2(CC1)NC(=O)C(c1cc(-c3ccc(Cl)c(F)c3)ccc1Cl)C2=O. The summed E-state index contributed by atoms with van der Waals surface area (Å²) in [5.41, 5.74) is 0.825. The zero-order valence-electron chi connectivity index (χ0n) is 15.8. The van der Waals surface area contributed by atoms with Gasteiger partial charge in [-0.3, -0.25) is 9.59 Å². The molecule has 29 heavy (non-hydrogen) atoms. The number of nitrogens with one attached hydrogen (secondary N) is 1. The predicted octanol–water partition coefficient (Wildman–Crippen LogP) is 4.91. The number of ether oxygens (including phenoxy) is 1. The number of rotatable bonds is 3. The number of amides is 1. The highest BCUT2D eigenvalue weighted by atomic mass is 35.5. The number of carbonyl (C=O) groups excluding carboxylic acids is 2. The first-order chi connectivity index (χ1) is 13.8. The summed E-state index contributed by atoms with van der Waals surface area (Å²) in [4.78, 5) is 26.1. The van der Waals surface area contributed by atoms with Gasteiger partial charge in [0.05, 0.1) is 16.7 Å². The van der Waals surface area contributed by atoms with Gasteiger partial charge in [0.25, 0.3) is 0 Å². The summed E-state index contributed by atoms with van der Waals surface area (Å²) in [6.07, 6.45) is 2.63. The Morgan fingerprint density at radius 2 is 1.66 bits per heavy atom. The van der Waals surface area contributed by atoms with Crippen LogP contribution in [-0.2, 0) is 14.3 Å². The molecule has 1 unspecified atom stereocenters. The summed E-state index contributed by atoms with van der Waals surface area (Å²) in [6, 6.07) is 9.52. The van der Waals surface area contributed by atoms with E-state index in [-0.39, 0.29) is 22.8 Å². The molecule has 4 nitrogen and oxygen atoms in total. The van der Waals surface area contributed by atoms with Crippen LogP contribution in [0.2, 0.25) is 10.0 Å². The molecule has 1 aliphatic heterocycles. The lowest BCUT2D eigenvalue weighted by molar-refractivity contribution is -0.126. The third-order valence-electron chi connectivity index (χ3n) is 6.04. The quantitative estimate of drug-likeness (QED) is 0.696. The van der Waals surface area contributed by atoms with Crippen molar-refractivity contribution in [3.8, 4) is 11.1 Å². The van der Waals surface area contributed by atoms with Crippen molar-refractivity contribution in [1.82, 2.24) is 5.32 Å². The van der Waals surface area contributed by atoms with Crippen molar-refractivity contribution in [2.45, 2.75) is 43.2 Å². The topological polar surface area (TPSA) is 55.4 Å². The van der Waals surface area contributed by atoms with Crippen molar-refractivity contribution in [3.63, 3.8) is 0 Å². The molecule has 2 fully saturated rings. The Balaban J connectivity index is 1.68. The normalized spacial score (nSPS) is 26.8. The van der Waals surface area contributed by atoms with Gasteiger partial charge >= 0.3 is 0 Å². The van der Waals surface area contributed by atoms with Crippen molar-refractivity contribution in [1.29, 1.82) is 0 Å². The molecule has 1 saturated heterocycles. The van der Waals surface area contributed by atoms with Crippen molar-refractivity contribution >= 4 is 34.9 Å². The molecule has 1 aliphatic carbocycles. The van der Waals surface area contributed by atoms with Gasteiger partial charge in [-0.25, -0.2) is 4.39 Å². The van der Waals surface area contributed by atoms with Gasteiger partial charge in [-0.05, 0) is 66.6 Å². The molecule has 0 radical (unpaired) electrons. The van der Waals surface area contributed by atoms with Gasteiger partial charge in [0.15, 0.2) is 5.78 Å². The molecule has 1 spiro atoms. The van der Waals surface area contributed by atoms with Gasteiger partial charge in [0.1, 0.15) is 11.7 Å². The highest BCUT2D eigenvalue weighted by molar-refractivity contribution is 6.33. The molecule has 1 atom stereocenters. The predicted molar refractivity (Wildman–Crippen MR) is 110 cm³/mol. The number of Topliss-reactive ketones (excluding diaryl/α,β-unsaturated/α-hetero) is 1. The fourth-order valence-electron chi connectivity index (χ4n) is 4.36. The van der Waals surface area contributed by atoms with Crippen LogP contribution in [0.5, 0.6) is 0 Å². The van der Waals surface area contributed by atoms with Crippen LogP contribution >= 0.6 is 23.2 Å². The van der Waals surface area contributed by atoms with Gasteiger partial charge in [-0.1, -0.05) is 35.3 Å². The first-order valence-electron chi connectivity index (χ1n) is 9.48. The number of hydrogen-bond donors (Lipinski definition) is 1. The van der Waals surface area contributed by atoms with Crippen molar-refractivity contribution in [3.05, 3.63) is 57.8 Å². The van der Waals surface area contributed by atoms with Gasteiger partial charge in [-0.2, -0.15) is 0 Å². The number of halogens is 3. The monoisotopic (exact) mass is 435 g/mol. The second-order valence-electron chi connectivity index (χ2n) is 7.67. The molecule has 2 aromatic carbocycles. The Kier molecular flexibility index (Phi) is 5.40. The largest absolute Gasteiger partial charge is 0.381 e. The zero-order chi connectivity index (χ0) is 20.8. The van der Waals surface area contributed by atoms with Crippen LogP contribution in [0, 0.1) is 5.82 Å². The van der Waals surface area contributed by atoms with Crippen LogP contribution in [0.15, 0.2) is 36.4 Å². The summed E-state index contributed by atoms with van der Waals surface area (Å²) < 4.78 is 19.3. The fourth-order valence-corrected chi connectivity index (χ4v) is 4.70. The molecule has 1 saturated carbocycles. The molecule has 2 aliphatic rings. The highest BCUT2D eigenvalue weighted by Crippen LogP contribution is 2.42. The minimum absolute atomic E-state index is 0.0295. The lowest BCUT2D eigenvalue weighted by Crippen LogP contribution is -2.50. The first-order valence-corrected chi connectivity index (χ1v) is 10.2. The smallest absolute Gasteiger partial charge is 0.236 e. The first kappa shape index (κ1) is 20.3. The van der Waals surface area contributed by atoms with E-state index in [4.69, 9.17) is 27.9 Å². The van der Waals surface area contributed by atoms with Gasteiger partial charge in [0.2, 0.25) is 5.91 Å². The van der Waals surface area contributed by atoms with Gasteiger partial charge < -0.3 is 10.1 Å². The fraction of sp³-hybridized carbons (Fsp3) is 0.364. The molecule has 1 N–H and O–H groups in total. The van der Waals surface area contributed by atoms with Crippen LogP contribution in [0.3, 0.4) is 0 Å². The third-order valence-corrected chi connectivity index (χ3v) is 6.69. The maximum absolute atomic E-state index is 13.9. The standard InChI is InChI=1S/C22H20Cl2FNO3/c1-29-14-6-8-22(9-7-14)20(27)19(21(28)26-22)15-10-12(2-4-16(15)23)13-3-5-17(24)18(25)11-13/h2-5,10-11,14,19H,6-9H2,1H3,(H,26,28). The average molecular weight is 436 g/mol. The Bertz CT molecular complexity index is 986. The zero-order valence-corrected chi connectivity index (χ0v) is 17.3. The Hall–Kier alpha value is -1.95. The Morgan fingerprint density at radius 1 is 1.03 bits per heavy atom. The lowest BCUT2D eigenvalue weighted by atomic mass is 9.76. The lowest BCUT2D eigenvalue weighted by Gasteiger charge is -2.35. The summed E-state index contributed by atoms with van der Waals surface area (Å²) >= 11 is 12.1. The molecule has 1 heterocycles. The van der Waals surface area contributed by atoms with Crippen LogP contribution in [0.4, 0.5) is 4.39 Å². The Labute approximate surface area is 178 Å². The van der Waals surface area contributed by atoms with E-state index < -0.39 is 17.3 Å². The maximum Gasteiger partial charge on any atom is 0.236 e. The van der Waals surface area contributed by atoms with Crippen LogP contribution in [0.1, 0.15) is 37.2 Å². The second-order valence-corrected chi connectivity index (χ2v) is 8.48. The molecule has 2 aromatic rings. The van der Waals surface area contributed by atoms with Crippen molar-refractivity contribution in [2.24, 2.45) is 0 Å². The summed E-state index contributed by atoms with van der Waals surface area (Å²) in [6.45, 7) is 0. The van der Waals surface area contributed by atoms with Gasteiger partial charge in [0, 0.05) is 12.1 Å². The molecule has 7 heteroatoms. The highest BCUT2D eigenvalue weighted by Gasteiger charge is 2.54. The van der Waals surface area contributed by atoms with E-state index in [1.807, 2.05) is 0 Å². The van der Waals surface area contributed by atoms with E-state index in [1.54, 1.807) is 31.4 Å². The molecular weight excluding hydrogens is 416 g/mol. The van der Waals surface area contributed by atoms with Crippen LogP contribution in [-0.4, -0.2) is 30.4 Å². The van der Waals surface area contributed by atoms with E-state index >= 15 is 0 Å². The molecule has 0 bridgehead atoms.